The van der Waals surface area contributed by atoms with Crippen molar-refractivity contribution in [2.75, 3.05) is 18.9 Å². The summed E-state index contributed by atoms with van der Waals surface area (Å²) in [5.41, 5.74) is 3.41. The van der Waals surface area contributed by atoms with Crippen LogP contribution in [0.1, 0.15) is 43.4 Å². The van der Waals surface area contributed by atoms with Crippen molar-refractivity contribution < 1.29 is 18.8 Å². The van der Waals surface area contributed by atoms with Gasteiger partial charge in [0.2, 0.25) is 5.78 Å². The Morgan fingerprint density at radius 2 is 2.00 bits per heavy atom. The third kappa shape index (κ3) is 4.83. The molecule has 0 N–H and O–H groups in total. The van der Waals surface area contributed by atoms with Gasteiger partial charge in [-0.25, -0.2) is 4.79 Å². The van der Waals surface area contributed by atoms with Gasteiger partial charge in [0.1, 0.15) is 10.1 Å². The van der Waals surface area contributed by atoms with Crippen LogP contribution >= 0.6 is 23.5 Å². The lowest BCUT2D eigenvalue weighted by Crippen LogP contribution is -2.16. The van der Waals surface area contributed by atoms with Crippen LogP contribution in [0.2, 0.25) is 0 Å². The van der Waals surface area contributed by atoms with E-state index in [0.717, 1.165) is 33.6 Å². The van der Waals surface area contributed by atoms with Crippen LogP contribution in [0.15, 0.2) is 45.9 Å². The third-order valence-corrected chi connectivity index (χ3v) is 7.36. The van der Waals surface area contributed by atoms with E-state index in [9.17, 15) is 9.59 Å². The minimum atomic E-state index is -0.503. The van der Waals surface area contributed by atoms with Crippen molar-refractivity contribution in [2.45, 2.75) is 26.5 Å². The van der Waals surface area contributed by atoms with Gasteiger partial charge in [0.05, 0.1) is 12.1 Å². The number of nitrogens with zero attached hydrogens (tertiary/aromatic N) is 3. The van der Waals surface area contributed by atoms with E-state index in [1.807, 2.05) is 37.5 Å². The Morgan fingerprint density at radius 1 is 1.19 bits per heavy atom. The van der Waals surface area contributed by atoms with Gasteiger partial charge < -0.3 is 9.26 Å². The molecule has 0 bridgehead atoms. The first kappa shape index (κ1) is 22.4. The van der Waals surface area contributed by atoms with Crippen molar-refractivity contribution in [1.29, 1.82) is 0 Å². The molecule has 3 heterocycles. The minimum absolute atomic E-state index is 0.263. The molecule has 0 saturated carbocycles. The van der Waals surface area contributed by atoms with Gasteiger partial charge in [0.25, 0.3) is 0 Å². The molecule has 0 aliphatic carbocycles. The molecule has 0 saturated heterocycles. The normalized spacial score (nSPS) is 13.3. The molecule has 166 valence electrons. The van der Waals surface area contributed by atoms with Crippen molar-refractivity contribution in [3.63, 3.8) is 0 Å². The Morgan fingerprint density at radius 3 is 2.72 bits per heavy atom. The first-order valence-electron chi connectivity index (χ1n) is 10.1. The number of aryl methyl sites for hydroxylation is 2. The number of ketones is 1. The molecule has 1 aliphatic heterocycles. The number of ether oxygens (including phenoxy) is 1. The maximum atomic E-state index is 12.8. The van der Waals surface area contributed by atoms with Gasteiger partial charge in [-0.1, -0.05) is 46.9 Å². The maximum absolute atomic E-state index is 12.8. The lowest BCUT2D eigenvalue weighted by atomic mass is 10.1. The monoisotopic (exact) mass is 469 g/mol. The van der Waals surface area contributed by atoms with E-state index < -0.39 is 5.97 Å². The van der Waals surface area contributed by atoms with Crippen LogP contribution in [0, 0.1) is 20.8 Å². The molecule has 7 nitrogen and oxygen atoms in total. The number of aromatic nitrogens is 2. The molecular weight excluding hydrogens is 446 g/mol. The van der Waals surface area contributed by atoms with E-state index in [-0.39, 0.29) is 12.4 Å². The molecule has 0 fully saturated rings. The van der Waals surface area contributed by atoms with E-state index >= 15 is 0 Å². The van der Waals surface area contributed by atoms with E-state index in [2.05, 4.69) is 10.1 Å². The number of hydrogen-bond acceptors (Lipinski definition) is 8. The van der Waals surface area contributed by atoms with Crippen molar-refractivity contribution >= 4 is 39.7 Å². The minimum Gasteiger partial charge on any atom is -0.454 e. The summed E-state index contributed by atoms with van der Waals surface area (Å²) < 4.78 is 13.4. The first-order valence-corrected chi connectivity index (χ1v) is 12.1. The summed E-state index contributed by atoms with van der Waals surface area (Å²) in [4.78, 5) is 30.0. The Balaban J connectivity index is 1.43. The van der Waals surface area contributed by atoms with E-state index in [0.29, 0.717) is 28.5 Å². The average Bonchev–Trinajstić information content (AvgIpc) is 3.51. The fraction of sp³-hybridized carbons (Fsp3) is 0.304. The standard InChI is InChI=1S/C23H23N3O4S2/c1-14-10-19(16(3)26(14)21-11-15(2)30-25-21)20(27)12-29-22(28)18-7-5-4-6-17(18)13-32-23-24-8-9-31-23/h4-7,10-11H,8-9,12-13H2,1-3H3. The summed E-state index contributed by atoms with van der Waals surface area (Å²) in [6.45, 7) is 6.05. The van der Waals surface area contributed by atoms with Crippen LogP contribution in [-0.4, -0.2) is 44.8 Å². The second kappa shape index (κ2) is 9.79. The van der Waals surface area contributed by atoms with Gasteiger partial charge in [-0.3, -0.25) is 14.4 Å². The van der Waals surface area contributed by atoms with Gasteiger partial charge in [-0.05, 0) is 38.5 Å². The molecule has 9 heteroatoms. The molecule has 1 aliphatic rings. The van der Waals surface area contributed by atoms with Crippen LogP contribution in [0.3, 0.4) is 0 Å². The van der Waals surface area contributed by atoms with Crippen LogP contribution in [-0.2, 0) is 10.5 Å². The summed E-state index contributed by atoms with van der Waals surface area (Å²) in [6, 6.07) is 10.9. The summed E-state index contributed by atoms with van der Waals surface area (Å²) in [7, 11) is 0. The number of rotatable bonds is 7. The van der Waals surface area contributed by atoms with Crippen LogP contribution < -0.4 is 0 Å². The quantitative estimate of drug-likeness (QED) is 0.364. The molecule has 4 rings (SSSR count). The van der Waals surface area contributed by atoms with Crippen molar-refractivity contribution in [3.8, 4) is 5.82 Å². The van der Waals surface area contributed by atoms with E-state index in [4.69, 9.17) is 9.26 Å². The topological polar surface area (TPSA) is 86.7 Å². The Labute approximate surface area is 194 Å². The van der Waals surface area contributed by atoms with Crippen LogP contribution in [0.4, 0.5) is 0 Å². The fourth-order valence-corrected chi connectivity index (χ4v) is 5.54. The SMILES string of the molecule is Cc1cc(-n2c(C)cc(C(=O)COC(=O)c3ccccc3CSC3=NCCS3)c2C)no1. The molecular formula is C23H23N3O4S2. The van der Waals surface area contributed by atoms with E-state index in [1.165, 1.54) is 0 Å². The number of carbonyl (C=O) groups excluding carboxylic acids is 2. The van der Waals surface area contributed by atoms with Crippen molar-refractivity contribution in [3.05, 3.63) is 70.2 Å². The fourth-order valence-electron chi connectivity index (χ4n) is 3.53. The highest BCUT2D eigenvalue weighted by Crippen LogP contribution is 2.27. The van der Waals surface area contributed by atoms with Gasteiger partial charge in [-0.2, -0.15) is 0 Å². The van der Waals surface area contributed by atoms with Gasteiger partial charge in [0, 0.05) is 34.5 Å². The van der Waals surface area contributed by atoms with Crippen LogP contribution in [0.5, 0.6) is 0 Å². The zero-order valence-electron chi connectivity index (χ0n) is 18.1. The molecule has 32 heavy (non-hydrogen) atoms. The number of hydrogen-bond donors (Lipinski definition) is 0. The third-order valence-electron chi connectivity index (χ3n) is 5.06. The first-order chi connectivity index (χ1) is 15.4. The highest BCUT2D eigenvalue weighted by Gasteiger charge is 2.21. The smallest absolute Gasteiger partial charge is 0.338 e. The molecule has 2 aromatic heterocycles. The van der Waals surface area contributed by atoms with E-state index in [1.54, 1.807) is 47.8 Å². The number of benzene rings is 1. The Bertz CT molecular complexity index is 1200. The lowest BCUT2D eigenvalue weighted by molar-refractivity contribution is 0.0473. The number of aliphatic imine (C=N–C) groups is 1. The molecule has 0 atom stereocenters. The second-order valence-electron chi connectivity index (χ2n) is 7.36. The largest absolute Gasteiger partial charge is 0.454 e. The van der Waals surface area contributed by atoms with Crippen LogP contribution in [0.25, 0.3) is 5.82 Å². The van der Waals surface area contributed by atoms with Gasteiger partial charge in [-0.15, -0.1) is 0 Å². The van der Waals surface area contributed by atoms with Gasteiger partial charge >= 0.3 is 5.97 Å². The van der Waals surface area contributed by atoms with Crippen molar-refractivity contribution in [2.24, 2.45) is 4.99 Å². The molecule has 1 aromatic carbocycles. The predicted octanol–water partition coefficient (Wildman–Crippen LogP) is 4.77. The highest BCUT2D eigenvalue weighted by atomic mass is 32.2. The summed E-state index contributed by atoms with van der Waals surface area (Å²) >= 11 is 3.35. The van der Waals surface area contributed by atoms with Crippen molar-refractivity contribution in [1.82, 2.24) is 9.72 Å². The number of carbonyl (C=O) groups is 2. The predicted molar refractivity (Wildman–Crippen MR) is 127 cm³/mol. The Kier molecular flexibility index (Phi) is 6.86. The number of thioether (sulfide) groups is 2. The molecule has 0 radical (unpaired) electrons. The van der Waals surface area contributed by atoms with Gasteiger partial charge in [0.15, 0.2) is 12.4 Å². The number of Topliss-reactive ketones (excluding diaryl/α,β-unsaturated/α-hetero) is 1. The lowest BCUT2D eigenvalue weighted by Gasteiger charge is -2.09. The molecule has 3 aromatic rings. The summed E-state index contributed by atoms with van der Waals surface area (Å²) in [5.74, 6) is 2.17. The zero-order chi connectivity index (χ0) is 22.7. The molecule has 0 unspecified atom stereocenters. The average molecular weight is 470 g/mol. The Hall–Kier alpha value is -2.78. The molecule has 0 spiro atoms. The summed E-state index contributed by atoms with van der Waals surface area (Å²) in [6.07, 6.45) is 0. The molecule has 0 amide bonds. The number of esters is 1. The maximum Gasteiger partial charge on any atom is 0.338 e. The highest BCUT2D eigenvalue weighted by molar-refractivity contribution is 8.38. The zero-order valence-corrected chi connectivity index (χ0v) is 19.7. The second-order valence-corrected chi connectivity index (χ2v) is 9.66. The summed E-state index contributed by atoms with van der Waals surface area (Å²) in [5, 5.41) is 4.03.